The van der Waals surface area contributed by atoms with Crippen LogP contribution in [0.1, 0.15) is 27.2 Å². The second-order valence-corrected chi connectivity index (χ2v) is 4.10. The lowest BCUT2D eigenvalue weighted by atomic mass is 10.3. The molecule has 6 heteroatoms. The molecule has 0 heterocycles. The number of nitrogens with zero attached hydrogens (tertiary/aromatic N) is 1. The molecule has 1 amide bonds. The van der Waals surface area contributed by atoms with Gasteiger partial charge in [-0.3, -0.25) is 0 Å². The van der Waals surface area contributed by atoms with Crippen molar-refractivity contribution in [2.45, 2.75) is 33.3 Å². The number of amidine groups is 1. The molecule has 0 aliphatic heterocycles. The lowest BCUT2D eigenvalue weighted by molar-refractivity contribution is 0.0714. The Bertz CT molecular complexity index is 247. The lowest BCUT2D eigenvalue weighted by Gasteiger charge is -2.12. The minimum absolute atomic E-state index is 0.207. The summed E-state index contributed by atoms with van der Waals surface area (Å²) in [5, 5.41) is 3.66. The second kappa shape index (κ2) is 10.4. The van der Waals surface area contributed by atoms with Gasteiger partial charge in [0.2, 0.25) is 0 Å². The summed E-state index contributed by atoms with van der Waals surface area (Å²) in [5.74, 6) is 0. The fourth-order valence-corrected chi connectivity index (χ4v) is 1.56. The molecule has 0 aromatic heterocycles. The van der Waals surface area contributed by atoms with Crippen LogP contribution in [0.15, 0.2) is 4.99 Å². The highest BCUT2D eigenvalue weighted by Gasteiger charge is 2.04. The minimum Gasteiger partial charge on any atom is -0.448 e. The third-order valence-corrected chi connectivity index (χ3v) is 2.55. The van der Waals surface area contributed by atoms with Gasteiger partial charge in [0, 0.05) is 13.2 Å². The zero-order chi connectivity index (χ0) is 13.1. The Morgan fingerprint density at radius 3 is 2.65 bits per heavy atom. The molecular weight excluding hydrogens is 240 g/mol. The number of nitrogens with one attached hydrogen (secondary N) is 1. The van der Waals surface area contributed by atoms with Crippen LogP contribution in [0.3, 0.4) is 0 Å². The summed E-state index contributed by atoms with van der Waals surface area (Å²) in [6.45, 7) is 7.52. The summed E-state index contributed by atoms with van der Waals surface area (Å²) in [6, 6.07) is 0. The molecule has 0 aliphatic rings. The Labute approximate surface area is 107 Å². The van der Waals surface area contributed by atoms with Crippen molar-refractivity contribution in [1.82, 2.24) is 5.32 Å². The molecule has 0 spiro atoms. The van der Waals surface area contributed by atoms with E-state index in [0.29, 0.717) is 18.4 Å². The van der Waals surface area contributed by atoms with E-state index >= 15 is 0 Å². The number of ether oxygens (including phenoxy) is 2. The average Bonchev–Trinajstić information content (AvgIpc) is 2.28. The van der Waals surface area contributed by atoms with E-state index in [1.54, 1.807) is 6.92 Å². The maximum absolute atomic E-state index is 11.1. The fourth-order valence-electron chi connectivity index (χ4n) is 1.15. The Morgan fingerprint density at radius 2 is 2.12 bits per heavy atom. The molecule has 0 aromatic rings. The maximum atomic E-state index is 11.1. The molecule has 0 rings (SSSR count). The zero-order valence-electron chi connectivity index (χ0n) is 11.0. The lowest BCUT2D eigenvalue weighted by Crippen LogP contribution is -2.26. The molecule has 0 saturated carbocycles. The van der Waals surface area contributed by atoms with Crippen LogP contribution in [0.2, 0.25) is 0 Å². The molecule has 0 saturated heterocycles. The van der Waals surface area contributed by atoms with Crippen LogP contribution in [-0.4, -0.2) is 43.4 Å². The number of amides is 1. The van der Waals surface area contributed by atoms with Crippen molar-refractivity contribution in [3.05, 3.63) is 0 Å². The monoisotopic (exact) mass is 262 g/mol. The van der Waals surface area contributed by atoms with E-state index in [1.807, 2.05) is 20.1 Å². The van der Waals surface area contributed by atoms with Crippen LogP contribution in [0.4, 0.5) is 4.79 Å². The predicted octanol–water partition coefficient (Wildman–Crippen LogP) is 2.27. The predicted molar refractivity (Wildman–Crippen MR) is 71.7 cm³/mol. The smallest absolute Gasteiger partial charge is 0.435 e. The Balaban J connectivity index is 3.93. The number of carbonyl (C=O) groups is 1. The first kappa shape index (κ1) is 16.2. The Kier molecular flexibility index (Phi) is 9.95. The van der Waals surface area contributed by atoms with Gasteiger partial charge in [0.05, 0.1) is 12.7 Å². The Morgan fingerprint density at radius 1 is 1.41 bits per heavy atom. The maximum Gasteiger partial charge on any atom is 0.435 e. The SMILES string of the molecule is CCOC(=O)N=C(NCCC(C)OCC)SC. The van der Waals surface area contributed by atoms with Crippen molar-refractivity contribution in [2.24, 2.45) is 4.99 Å². The van der Waals surface area contributed by atoms with Crippen molar-refractivity contribution >= 4 is 23.0 Å². The number of carbonyl (C=O) groups excluding carboxylic acids is 1. The summed E-state index contributed by atoms with van der Waals surface area (Å²) in [7, 11) is 0. The van der Waals surface area contributed by atoms with Crippen LogP contribution < -0.4 is 5.32 Å². The van der Waals surface area contributed by atoms with Crippen molar-refractivity contribution in [3.8, 4) is 0 Å². The van der Waals surface area contributed by atoms with Gasteiger partial charge < -0.3 is 14.8 Å². The molecule has 5 nitrogen and oxygen atoms in total. The highest BCUT2D eigenvalue weighted by Crippen LogP contribution is 1.99. The quantitative estimate of drug-likeness (QED) is 0.588. The zero-order valence-corrected chi connectivity index (χ0v) is 11.8. The topological polar surface area (TPSA) is 59.9 Å². The number of hydrogen-bond donors (Lipinski definition) is 1. The van der Waals surface area contributed by atoms with Gasteiger partial charge in [-0.15, -0.1) is 0 Å². The van der Waals surface area contributed by atoms with Gasteiger partial charge in [0.15, 0.2) is 5.17 Å². The summed E-state index contributed by atoms with van der Waals surface area (Å²) < 4.78 is 10.1. The van der Waals surface area contributed by atoms with E-state index in [1.165, 1.54) is 11.8 Å². The summed E-state index contributed by atoms with van der Waals surface area (Å²) in [4.78, 5) is 14.9. The highest BCUT2D eigenvalue weighted by atomic mass is 32.2. The normalized spacial score (nSPS) is 13.3. The van der Waals surface area contributed by atoms with Gasteiger partial charge >= 0.3 is 6.09 Å². The van der Waals surface area contributed by atoms with Gasteiger partial charge in [-0.05, 0) is 33.4 Å². The molecular formula is C11H22N2O3S. The first-order valence-corrected chi connectivity index (χ1v) is 7.01. The molecule has 0 radical (unpaired) electrons. The van der Waals surface area contributed by atoms with Crippen molar-refractivity contribution in [1.29, 1.82) is 0 Å². The van der Waals surface area contributed by atoms with E-state index in [-0.39, 0.29) is 6.10 Å². The molecule has 0 aliphatic carbocycles. The van der Waals surface area contributed by atoms with E-state index in [2.05, 4.69) is 10.3 Å². The molecule has 0 aromatic carbocycles. The van der Waals surface area contributed by atoms with Crippen molar-refractivity contribution in [3.63, 3.8) is 0 Å². The number of aliphatic imine (C=N–C) groups is 1. The van der Waals surface area contributed by atoms with Gasteiger partial charge in [-0.2, -0.15) is 4.99 Å². The molecule has 1 N–H and O–H groups in total. The summed E-state index contributed by atoms with van der Waals surface area (Å²) in [6.07, 6.45) is 2.38. The number of rotatable bonds is 6. The minimum atomic E-state index is -0.554. The van der Waals surface area contributed by atoms with Crippen LogP contribution >= 0.6 is 11.8 Å². The molecule has 0 fully saturated rings. The standard InChI is InChI=1S/C11H22N2O3S/c1-5-15-9(3)7-8-12-10(17-4)13-11(14)16-6-2/h9H,5-8H2,1-4H3,(H,12,13,14). The van der Waals surface area contributed by atoms with Crippen LogP contribution in [-0.2, 0) is 9.47 Å². The van der Waals surface area contributed by atoms with Gasteiger partial charge in [-0.25, -0.2) is 4.79 Å². The highest BCUT2D eigenvalue weighted by molar-refractivity contribution is 8.13. The number of thioether (sulfide) groups is 1. The van der Waals surface area contributed by atoms with Gasteiger partial charge in [0.1, 0.15) is 0 Å². The van der Waals surface area contributed by atoms with E-state index in [9.17, 15) is 4.79 Å². The third kappa shape index (κ3) is 9.00. The van der Waals surface area contributed by atoms with Crippen molar-refractivity contribution in [2.75, 3.05) is 26.0 Å². The summed E-state index contributed by atoms with van der Waals surface area (Å²) in [5.41, 5.74) is 0. The van der Waals surface area contributed by atoms with Crippen LogP contribution in [0.25, 0.3) is 0 Å². The van der Waals surface area contributed by atoms with Crippen LogP contribution in [0.5, 0.6) is 0 Å². The van der Waals surface area contributed by atoms with Gasteiger partial charge in [-0.1, -0.05) is 11.8 Å². The first-order chi connectivity index (χ1) is 8.13. The molecule has 1 atom stereocenters. The number of hydrogen-bond acceptors (Lipinski definition) is 4. The molecule has 0 bridgehead atoms. The van der Waals surface area contributed by atoms with Crippen molar-refractivity contribution < 1.29 is 14.3 Å². The second-order valence-electron chi connectivity index (χ2n) is 3.30. The summed E-state index contributed by atoms with van der Waals surface area (Å²) >= 11 is 1.39. The van der Waals surface area contributed by atoms with E-state index < -0.39 is 6.09 Å². The van der Waals surface area contributed by atoms with E-state index in [0.717, 1.165) is 13.0 Å². The fraction of sp³-hybridized carbons (Fsp3) is 0.818. The third-order valence-electron chi connectivity index (χ3n) is 1.93. The average molecular weight is 262 g/mol. The molecule has 100 valence electrons. The first-order valence-electron chi connectivity index (χ1n) is 5.78. The Hall–Kier alpha value is -0.750. The van der Waals surface area contributed by atoms with E-state index in [4.69, 9.17) is 9.47 Å². The van der Waals surface area contributed by atoms with Crippen LogP contribution in [0, 0.1) is 0 Å². The molecule has 1 unspecified atom stereocenters. The molecule has 17 heavy (non-hydrogen) atoms. The van der Waals surface area contributed by atoms with Gasteiger partial charge in [0.25, 0.3) is 0 Å². The largest absolute Gasteiger partial charge is 0.448 e.